The molecule has 0 aliphatic rings. The maximum absolute atomic E-state index is 5.12. The van der Waals surface area contributed by atoms with Crippen molar-refractivity contribution in [1.29, 1.82) is 0 Å². The van der Waals surface area contributed by atoms with Crippen molar-refractivity contribution < 1.29 is 0 Å². The van der Waals surface area contributed by atoms with Crippen LogP contribution in [0.25, 0.3) is 262 Å². The van der Waals surface area contributed by atoms with Gasteiger partial charge in [-0.25, -0.2) is 49.8 Å². The minimum atomic E-state index is 0.637. The van der Waals surface area contributed by atoms with Gasteiger partial charge < -0.3 is 0 Å². The van der Waals surface area contributed by atoms with Gasteiger partial charge in [0.1, 0.15) is 14.5 Å². The summed E-state index contributed by atoms with van der Waals surface area (Å²) in [6, 6.07) is 169. The lowest BCUT2D eigenvalue weighted by atomic mass is 9.95. The van der Waals surface area contributed by atoms with Crippen molar-refractivity contribution in [2.45, 2.75) is 0 Å². The quantitative estimate of drug-likeness (QED) is 0.0978. The maximum atomic E-state index is 5.12. The summed E-state index contributed by atoms with van der Waals surface area (Å²) in [6.07, 6.45) is 0. The molecule has 18 aromatic carbocycles. The summed E-state index contributed by atoms with van der Waals surface area (Å²) < 4.78 is 3.74. The largest absolute Gasteiger partial charge is 0.237 e. The van der Waals surface area contributed by atoms with E-state index in [2.05, 4.69) is 400 Å². The fourth-order valence-electron chi connectivity index (χ4n) is 19.1. The van der Waals surface area contributed by atoms with Crippen molar-refractivity contribution in [2.24, 2.45) is 0 Å². The van der Waals surface area contributed by atoms with E-state index >= 15 is 0 Å². The molecular formula is C128H80N10S3. The molecule has 27 rings (SSSR count). The third kappa shape index (κ3) is 16.7. The van der Waals surface area contributed by atoms with Crippen LogP contribution >= 0.6 is 34.0 Å². The van der Waals surface area contributed by atoms with Crippen LogP contribution in [0.1, 0.15) is 0 Å². The molecule has 0 radical (unpaired) electrons. The van der Waals surface area contributed by atoms with E-state index in [1.54, 1.807) is 34.0 Å². The molecule has 0 saturated heterocycles. The van der Waals surface area contributed by atoms with Gasteiger partial charge >= 0.3 is 0 Å². The van der Waals surface area contributed by atoms with Crippen molar-refractivity contribution in [3.8, 4) is 169 Å². The zero-order chi connectivity index (χ0) is 93.5. The Labute approximate surface area is 825 Å². The number of benzene rings is 18. The van der Waals surface area contributed by atoms with Gasteiger partial charge in [0.05, 0.1) is 39.3 Å². The number of hydrogen-bond donors (Lipinski definition) is 0. The Bertz CT molecular complexity index is 8480. The molecule has 141 heavy (non-hydrogen) atoms. The summed E-state index contributed by atoms with van der Waals surface area (Å²) in [6.45, 7) is 0. The van der Waals surface area contributed by atoms with E-state index in [1.165, 1.54) is 90.9 Å². The second-order valence-corrected chi connectivity index (χ2v) is 37.8. The Morgan fingerprint density at radius 3 is 0.574 bits per heavy atom. The minimum absolute atomic E-state index is 0.637. The van der Waals surface area contributed by atoms with Crippen LogP contribution in [0.5, 0.6) is 0 Å². The molecule has 0 unspecified atom stereocenters. The zero-order valence-electron chi connectivity index (χ0n) is 75.9. The molecule has 0 atom stereocenters. The molecule has 27 aromatic rings. The molecule has 0 amide bonds. The molecule has 0 saturated carbocycles. The van der Waals surface area contributed by atoms with Gasteiger partial charge in [0.25, 0.3) is 0 Å². The van der Waals surface area contributed by atoms with E-state index < -0.39 is 0 Å². The van der Waals surface area contributed by atoms with Crippen LogP contribution in [0.2, 0.25) is 0 Å². The zero-order valence-corrected chi connectivity index (χ0v) is 78.3. The SMILES string of the molecule is c1ccc(-c2ccc(-c3cc(-c4ccc(-c5c6ccccc6nc6sc7ccccc7c56)cc4)nc(-c4ccccc4)n3)cc2)cc1.c1ccc(-c2ccc(-c3cc(-c4ccccc4)nc(-c4ccc(-c5c6ccccc6nc6sc7ccccc7c56)cc4)n3)cc2)cc1.c1ccc(-c2ccc(-c3nc(-c4ccccc4)nc(-c4ccc(-c5c6ccccc6nc6sc7ccccc7c56)cc4)n3)cc2)cc1. The number of nitrogens with zero attached hydrogens (tertiary/aromatic N) is 10. The van der Waals surface area contributed by atoms with Crippen molar-refractivity contribution >= 4 is 128 Å². The predicted octanol–water partition coefficient (Wildman–Crippen LogP) is 34.6. The molecule has 9 aromatic heterocycles. The Kier molecular flexibility index (Phi) is 22.4. The first-order chi connectivity index (χ1) is 69.8. The van der Waals surface area contributed by atoms with Crippen LogP contribution in [0, 0.1) is 0 Å². The van der Waals surface area contributed by atoms with Crippen molar-refractivity contribution in [3.05, 3.63) is 485 Å². The van der Waals surface area contributed by atoms with Crippen molar-refractivity contribution in [3.63, 3.8) is 0 Å². The molecule has 10 nitrogen and oxygen atoms in total. The Hall–Kier alpha value is -18.0. The maximum Gasteiger partial charge on any atom is 0.164 e. The van der Waals surface area contributed by atoms with Crippen LogP contribution in [-0.4, -0.2) is 49.8 Å². The summed E-state index contributed by atoms with van der Waals surface area (Å²) in [5.41, 5.74) is 29.7. The monoisotopic (exact) mass is 1850 g/mol. The van der Waals surface area contributed by atoms with E-state index in [9.17, 15) is 0 Å². The fourth-order valence-corrected chi connectivity index (χ4v) is 22.4. The number of pyridine rings is 3. The molecular weight excluding hydrogens is 1770 g/mol. The van der Waals surface area contributed by atoms with Crippen LogP contribution < -0.4 is 0 Å². The summed E-state index contributed by atoms with van der Waals surface area (Å²) >= 11 is 5.25. The van der Waals surface area contributed by atoms with Crippen LogP contribution in [0.3, 0.4) is 0 Å². The van der Waals surface area contributed by atoms with Crippen LogP contribution in [0.4, 0.5) is 0 Å². The number of fused-ring (bicyclic) bond motifs is 12. The number of thiophene rings is 3. The molecule has 0 aliphatic carbocycles. The lowest BCUT2D eigenvalue weighted by Crippen LogP contribution is -2.00. The molecule has 0 fully saturated rings. The summed E-state index contributed by atoms with van der Waals surface area (Å²) in [4.78, 5) is 53.6. The third-order valence-corrected chi connectivity index (χ3v) is 29.2. The summed E-state index contributed by atoms with van der Waals surface area (Å²) in [7, 11) is 0. The molecule has 0 bridgehead atoms. The minimum Gasteiger partial charge on any atom is -0.237 e. The second-order valence-electron chi connectivity index (χ2n) is 34.7. The highest BCUT2D eigenvalue weighted by Crippen LogP contribution is 2.48. The average molecular weight is 1850 g/mol. The highest BCUT2D eigenvalue weighted by Gasteiger charge is 2.24. The normalized spacial score (nSPS) is 11.4. The van der Waals surface area contributed by atoms with Gasteiger partial charge in [-0.2, -0.15) is 0 Å². The lowest BCUT2D eigenvalue weighted by molar-refractivity contribution is 1.07. The smallest absolute Gasteiger partial charge is 0.164 e. The van der Waals surface area contributed by atoms with Crippen LogP contribution in [-0.2, 0) is 0 Å². The molecule has 0 aliphatic heterocycles. The summed E-state index contributed by atoms with van der Waals surface area (Å²) in [5, 5.41) is 10.8. The fraction of sp³-hybridized carbons (Fsp3) is 0. The number of hydrogen-bond acceptors (Lipinski definition) is 13. The average Bonchev–Trinajstić information content (AvgIpc) is 1.61. The van der Waals surface area contributed by atoms with Gasteiger partial charge in [0.2, 0.25) is 0 Å². The number of aromatic nitrogens is 10. The van der Waals surface area contributed by atoms with E-state index in [0.29, 0.717) is 29.1 Å². The number of para-hydroxylation sites is 3. The van der Waals surface area contributed by atoms with E-state index in [0.717, 1.165) is 142 Å². The van der Waals surface area contributed by atoms with E-state index in [1.807, 2.05) is 84.9 Å². The van der Waals surface area contributed by atoms with Crippen LogP contribution in [0.15, 0.2) is 485 Å². The Morgan fingerprint density at radius 1 is 0.128 bits per heavy atom. The van der Waals surface area contributed by atoms with Gasteiger partial charge in [-0.05, 0) is 98.6 Å². The van der Waals surface area contributed by atoms with Gasteiger partial charge in [-0.1, -0.05) is 437 Å². The topological polar surface area (TPSA) is 129 Å². The van der Waals surface area contributed by atoms with Gasteiger partial charge in [0, 0.05) is 129 Å². The number of rotatable bonds is 15. The first kappa shape index (κ1) is 84.7. The van der Waals surface area contributed by atoms with Crippen molar-refractivity contribution in [1.82, 2.24) is 49.8 Å². The molecule has 660 valence electrons. The highest BCUT2D eigenvalue weighted by molar-refractivity contribution is 7.26. The Balaban J connectivity index is 0.000000111. The van der Waals surface area contributed by atoms with Gasteiger partial charge in [-0.15, -0.1) is 34.0 Å². The molecule has 0 N–H and O–H groups in total. The highest BCUT2D eigenvalue weighted by atomic mass is 32.1. The first-order valence-electron chi connectivity index (χ1n) is 47.0. The molecule has 13 heteroatoms. The van der Waals surface area contributed by atoms with Gasteiger partial charge in [-0.3, -0.25) is 0 Å². The van der Waals surface area contributed by atoms with E-state index in [-0.39, 0.29) is 0 Å². The molecule has 9 heterocycles. The predicted molar refractivity (Wildman–Crippen MR) is 590 cm³/mol. The van der Waals surface area contributed by atoms with E-state index in [4.69, 9.17) is 49.8 Å². The first-order valence-corrected chi connectivity index (χ1v) is 49.4. The lowest BCUT2D eigenvalue weighted by Gasteiger charge is -2.12. The van der Waals surface area contributed by atoms with Gasteiger partial charge in [0.15, 0.2) is 29.1 Å². The second kappa shape index (κ2) is 37.3. The Morgan fingerprint density at radius 2 is 0.305 bits per heavy atom. The molecule has 0 spiro atoms. The standard InChI is InChI=1S/2C43H27N3S.C42H26N4S/c1-3-11-28(12-4-1)29-19-21-30(22-20-29)37-27-38(45-42(44-37)33-13-5-2-6-14-33)31-23-25-32(26-24-31)40-34-15-7-9-17-36(34)46-43-41(40)35-16-8-10-18-39(35)47-43;1-3-11-28(12-4-1)29-19-21-31(22-20-29)38-27-37(30-13-5-2-6-14-30)44-42(45-38)33-25-23-32(24-26-33)40-34-15-7-9-17-36(34)46-43-41(40)35-16-8-10-18-39(35)47-43;1-3-11-27(12-4-1)28-19-23-31(24-20-28)40-44-39(30-13-5-2-6-14-30)45-41(46-40)32-25-21-29(22-26-32)37-33-15-7-9-17-35(33)43-42-38(37)34-16-8-10-18-36(34)47-42/h2*1-27H;1-26H. The third-order valence-electron chi connectivity index (χ3n) is 26.0. The van der Waals surface area contributed by atoms with Crippen molar-refractivity contribution in [2.75, 3.05) is 0 Å². The summed E-state index contributed by atoms with van der Waals surface area (Å²) in [5.74, 6) is 3.34.